The van der Waals surface area contributed by atoms with Gasteiger partial charge in [0.15, 0.2) is 0 Å². The molecule has 2 aliphatic rings. The van der Waals surface area contributed by atoms with Crippen molar-refractivity contribution in [2.45, 2.75) is 99.3 Å². The lowest BCUT2D eigenvalue weighted by Crippen LogP contribution is -2.61. The molecule has 14 rings (SSSR count). The topological polar surface area (TPSA) is 27.8 Å². The first-order chi connectivity index (χ1) is 39.8. The fourth-order valence-corrected chi connectivity index (χ4v) is 13.4. The standard InChI is InChI=1S/C77H71BN4O/c1-48-40-69-73-70(41-48)82(74-49(2)42-52(43-50(74)3)72-44-51-20-16-19-25-71(51)83-72)68-47-60(36-39-64(68)78(73)63-38-30-55(77(10,11)12)45-67(63)81(69)58-33-28-54(29-34-58)76(7,8)9)79(57-31-26-53(27-32-57)75(4,5)6)59-35-37-62-61-23-17-18-24-65(61)80(66(62)46-59)56-21-14-13-15-22-56/h13-47H,1-12H3. The minimum atomic E-state index is -0.0678. The van der Waals surface area contributed by atoms with Crippen LogP contribution in [0.3, 0.4) is 0 Å². The molecule has 0 amide bonds. The quantitative estimate of drug-likeness (QED) is 0.149. The van der Waals surface area contributed by atoms with Gasteiger partial charge in [-0.2, -0.15) is 0 Å². The SMILES string of the molecule is Cc1cc2c3c(c1)N(c1c(C)cc(-c4cc5ccccc5o4)cc1C)c1cc(N(c4ccc(C(C)(C)C)cc4)c4ccc5c6ccccc6n(-c6ccccc6)c5c4)ccc1B3c1ccc(C(C)(C)C)cc1N2c1ccc(C(C)(C)C)cc1. The number of aryl methyl sites for hydroxylation is 3. The van der Waals surface area contributed by atoms with Crippen LogP contribution in [0.25, 0.3) is 49.8 Å². The Hall–Kier alpha value is -9.00. The van der Waals surface area contributed by atoms with Crippen LogP contribution in [0.1, 0.15) is 95.7 Å². The van der Waals surface area contributed by atoms with Crippen LogP contribution in [0, 0.1) is 20.8 Å². The minimum Gasteiger partial charge on any atom is -0.456 e. The van der Waals surface area contributed by atoms with Crippen molar-refractivity contribution in [2.24, 2.45) is 0 Å². The highest BCUT2D eigenvalue weighted by Gasteiger charge is 2.45. The number of hydrogen-bond donors (Lipinski definition) is 0. The molecule has 5 nitrogen and oxygen atoms in total. The molecule has 0 saturated heterocycles. The Labute approximate surface area is 490 Å². The van der Waals surface area contributed by atoms with Gasteiger partial charge < -0.3 is 23.7 Å². The van der Waals surface area contributed by atoms with Gasteiger partial charge in [-0.15, -0.1) is 0 Å². The summed E-state index contributed by atoms with van der Waals surface area (Å²) in [4.78, 5) is 7.66. The molecule has 2 aliphatic heterocycles. The summed E-state index contributed by atoms with van der Waals surface area (Å²) in [6.45, 7) is 27.5. The van der Waals surface area contributed by atoms with E-state index in [2.05, 4.69) is 309 Å². The third-order valence-corrected chi connectivity index (χ3v) is 17.7. The van der Waals surface area contributed by atoms with Crippen molar-refractivity contribution in [1.82, 2.24) is 4.57 Å². The Morgan fingerprint density at radius 1 is 0.410 bits per heavy atom. The monoisotopic (exact) mass is 1080 g/mol. The Balaban J connectivity index is 1.04. The third kappa shape index (κ3) is 8.67. The maximum Gasteiger partial charge on any atom is 0.252 e. The number of furan rings is 1. The fourth-order valence-electron chi connectivity index (χ4n) is 13.4. The highest BCUT2D eigenvalue weighted by molar-refractivity contribution is 7.00. The predicted octanol–water partition coefficient (Wildman–Crippen LogP) is 19.6. The first kappa shape index (κ1) is 52.1. The van der Waals surface area contributed by atoms with E-state index in [1.165, 1.54) is 88.8 Å². The van der Waals surface area contributed by atoms with Gasteiger partial charge in [-0.1, -0.05) is 165 Å². The smallest absolute Gasteiger partial charge is 0.252 e. The van der Waals surface area contributed by atoms with Crippen LogP contribution in [0.5, 0.6) is 0 Å². The van der Waals surface area contributed by atoms with Crippen LogP contribution in [-0.4, -0.2) is 11.3 Å². The summed E-state index contributed by atoms with van der Waals surface area (Å²) in [6, 6.07) is 79.9. The van der Waals surface area contributed by atoms with E-state index in [1.807, 2.05) is 6.07 Å². The van der Waals surface area contributed by atoms with Gasteiger partial charge in [-0.3, -0.25) is 0 Å². The molecule has 10 aromatic carbocycles. The van der Waals surface area contributed by atoms with Crippen LogP contribution in [0.4, 0.5) is 51.2 Å². The second kappa shape index (κ2) is 19.0. The maximum atomic E-state index is 6.57. The average molecular weight is 1080 g/mol. The molecule has 0 spiro atoms. The third-order valence-electron chi connectivity index (χ3n) is 17.7. The number of nitrogens with zero attached hydrogens (tertiary/aromatic N) is 4. The maximum absolute atomic E-state index is 6.57. The molecule has 4 heterocycles. The zero-order valence-corrected chi connectivity index (χ0v) is 50.0. The summed E-state index contributed by atoms with van der Waals surface area (Å²) >= 11 is 0. The van der Waals surface area contributed by atoms with Crippen LogP contribution >= 0.6 is 0 Å². The number of anilines is 9. The van der Waals surface area contributed by atoms with Gasteiger partial charge in [0.1, 0.15) is 11.3 Å². The van der Waals surface area contributed by atoms with Crippen molar-refractivity contribution in [3.8, 4) is 17.0 Å². The molecule has 0 N–H and O–H groups in total. The molecule has 0 fully saturated rings. The van der Waals surface area contributed by atoms with E-state index in [-0.39, 0.29) is 23.0 Å². The first-order valence-corrected chi connectivity index (χ1v) is 29.5. The Kier molecular flexibility index (Phi) is 12.0. The van der Waals surface area contributed by atoms with Gasteiger partial charge in [0, 0.05) is 72.9 Å². The predicted molar refractivity (Wildman–Crippen MR) is 355 cm³/mol. The zero-order valence-electron chi connectivity index (χ0n) is 50.0. The summed E-state index contributed by atoms with van der Waals surface area (Å²) in [5, 5.41) is 3.55. The molecule has 0 atom stereocenters. The van der Waals surface area contributed by atoms with Gasteiger partial charge in [-0.05, 0) is 196 Å². The van der Waals surface area contributed by atoms with E-state index in [0.717, 1.165) is 61.9 Å². The van der Waals surface area contributed by atoms with E-state index in [0.29, 0.717) is 0 Å². The normalized spacial score (nSPS) is 13.2. The van der Waals surface area contributed by atoms with Gasteiger partial charge in [0.05, 0.1) is 16.7 Å². The second-order valence-electron chi connectivity index (χ2n) is 26.5. The molecule has 0 saturated carbocycles. The molecule has 0 bridgehead atoms. The molecule has 12 aromatic rings. The Bertz CT molecular complexity index is 4490. The molecule has 2 aromatic heterocycles. The summed E-state index contributed by atoms with van der Waals surface area (Å²) in [5.41, 5.74) is 27.0. The van der Waals surface area contributed by atoms with Crippen molar-refractivity contribution in [2.75, 3.05) is 14.7 Å². The summed E-state index contributed by atoms with van der Waals surface area (Å²) in [5.74, 6) is 0.869. The van der Waals surface area contributed by atoms with Gasteiger partial charge in [0.2, 0.25) is 0 Å². The Morgan fingerprint density at radius 3 is 1.63 bits per heavy atom. The van der Waals surface area contributed by atoms with Crippen LogP contribution in [0.15, 0.2) is 217 Å². The van der Waals surface area contributed by atoms with Gasteiger partial charge >= 0.3 is 0 Å². The highest BCUT2D eigenvalue weighted by atomic mass is 16.3. The van der Waals surface area contributed by atoms with E-state index < -0.39 is 0 Å². The van der Waals surface area contributed by atoms with Crippen LogP contribution < -0.4 is 31.1 Å². The number of fused-ring (bicyclic) bond motifs is 8. The molecular formula is C77H71BN4O. The minimum absolute atomic E-state index is 0.0132. The second-order valence-corrected chi connectivity index (χ2v) is 26.5. The zero-order chi connectivity index (χ0) is 57.4. The molecule has 0 aliphatic carbocycles. The van der Waals surface area contributed by atoms with Crippen molar-refractivity contribution in [3.63, 3.8) is 0 Å². The first-order valence-electron chi connectivity index (χ1n) is 29.5. The molecule has 83 heavy (non-hydrogen) atoms. The van der Waals surface area contributed by atoms with Crippen molar-refractivity contribution < 1.29 is 4.42 Å². The van der Waals surface area contributed by atoms with Crippen LogP contribution in [-0.2, 0) is 16.2 Å². The van der Waals surface area contributed by atoms with Crippen molar-refractivity contribution >= 4 is 107 Å². The summed E-state index contributed by atoms with van der Waals surface area (Å²) < 4.78 is 9.00. The van der Waals surface area contributed by atoms with Crippen molar-refractivity contribution in [3.05, 3.63) is 246 Å². The molecule has 0 radical (unpaired) electrons. The number of hydrogen-bond acceptors (Lipinski definition) is 4. The lowest BCUT2D eigenvalue weighted by molar-refractivity contribution is 0.590. The molecule has 408 valence electrons. The Morgan fingerprint density at radius 2 is 0.952 bits per heavy atom. The van der Waals surface area contributed by atoms with E-state index in [9.17, 15) is 0 Å². The number of benzene rings is 10. The van der Waals surface area contributed by atoms with Crippen LogP contribution in [0.2, 0.25) is 0 Å². The number of aromatic nitrogens is 1. The molecule has 6 heteroatoms. The van der Waals surface area contributed by atoms with Crippen molar-refractivity contribution in [1.29, 1.82) is 0 Å². The molecular weight excluding hydrogens is 1010 g/mol. The summed E-state index contributed by atoms with van der Waals surface area (Å²) in [6.07, 6.45) is 0. The van der Waals surface area contributed by atoms with Gasteiger partial charge in [-0.25, -0.2) is 0 Å². The van der Waals surface area contributed by atoms with E-state index >= 15 is 0 Å². The lowest BCUT2D eigenvalue weighted by Gasteiger charge is -2.45. The lowest BCUT2D eigenvalue weighted by atomic mass is 9.33. The number of para-hydroxylation sites is 3. The summed E-state index contributed by atoms with van der Waals surface area (Å²) in [7, 11) is 0. The van der Waals surface area contributed by atoms with Gasteiger partial charge in [0.25, 0.3) is 6.71 Å². The number of rotatable bonds is 7. The van der Waals surface area contributed by atoms with E-state index in [4.69, 9.17) is 4.42 Å². The average Bonchev–Trinajstić information content (AvgIpc) is 3.71. The molecule has 0 unspecified atom stereocenters. The van der Waals surface area contributed by atoms with E-state index in [1.54, 1.807) is 0 Å². The highest BCUT2D eigenvalue weighted by Crippen LogP contribution is 2.50. The fraction of sp³-hybridized carbons (Fsp3) is 0.195. The largest absolute Gasteiger partial charge is 0.456 e.